The first-order valence-corrected chi connectivity index (χ1v) is 8.26. The number of primary amides is 1. The number of sulfonamides is 1. The average Bonchev–Trinajstić information content (AvgIpc) is 2.35. The molecule has 1 amide bonds. The van der Waals surface area contributed by atoms with Crippen molar-refractivity contribution in [1.82, 2.24) is 4.72 Å². The van der Waals surface area contributed by atoms with E-state index in [1.54, 1.807) is 13.8 Å². The van der Waals surface area contributed by atoms with E-state index in [0.29, 0.717) is 24.0 Å². The fraction of sp³-hybridized carbons (Fsp3) is 0.429. The monoisotopic (exact) mass is 326 g/mol. The number of nitrogens with one attached hydrogen (secondary N) is 1. The molecule has 120 valence electrons. The molecular weight excluding hydrogens is 308 g/mol. The number of aromatic carboxylic acids is 1. The summed E-state index contributed by atoms with van der Waals surface area (Å²) in [5, 5.41) is 9.15. The van der Waals surface area contributed by atoms with E-state index in [1.807, 2.05) is 0 Å². The van der Waals surface area contributed by atoms with Crippen LogP contribution in [0.15, 0.2) is 17.0 Å². The molecule has 1 aromatic carbocycles. The van der Waals surface area contributed by atoms with Crippen molar-refractivity contribution < 1.29 is 23.1 Å². The Kier molecular flexibility index (Phi) is 4.25. The lowest BCUT2D eigenvalue weighted by Gasteiger charge is -2.33. The molecule has 1 saturated carbocycles. The molecule has 0 saturated heterocycles. The number of nitrogens with two attached hydrogens (primary N) is 1. The van der Waals surface area contributed by atoms with Gasteiger partial charge >= 0.3 is 5.97 Å². The smallest absolute Gasteiger partial charge is 0.336 e. The average molecular weight is 326 g/mol. The number of hydrogen-bond donors (Lipinski definition) is 3. The maximum atomic E-state index is 12.3. The number of hydrogen-bond acceptors (Lipinski definition) is 4. The van der Waals surface area contributed by atoms with E-state index < -0.39 is 21.9 Å². The highest BCUT2D eigenvalue weighted by atomic mass is 32.2. The summed E-state index contributed by atoms with van der Waals surface area (Å²) in [4.78, 5) is 22.1. The number of carboxylic acids is 1. The summed E-state index contributed by atoms with van der Waals surface area (Å²) in [5.74, 6) is -1.91. The van der Waals surface area contributed by atoms with Gasteiger partial charge in [-0.1, -0.05) is 0 Å². The van der Waals surface area contributed by atoms with E-state index in [0.717, 1.165) is 6.07 Å². The fourth-order valence-corrected chi connectivity index (χ4v) is 3.81. The summed E-state index contributed by atoms with van der Waals surface area (Å²) >= 11 is 0. The highest BCUT2D eigenvalue weighted by Crippen LogP contribution is 2.29. The quantitative estimate of drug-likeness (QED) is 0.728. The fourth-order valence-electron chi connectivity index (χ4n) is 2.44. The Morgan fingerprint density at radius 3 is 2.36 bits per heavy atom. The Bertz CT molecular complexity index is 736. The first-order valence-electron chi connectivity index (χ1n) is 6.78. The third kappa shape index (κ3) is 3.12. The SMILES string of the molecule is Cc1cc(S(=O)(=O)NC2CC(C(N)=O)C2)cc(C(=O)O)c1C. The van der Waals surface area contributed by atoms with Gasteiger partial charge in [0.05, 0.1) is 10.5 Å². The van der Waals surface area contributed by atoms with Crippen LogP contribution in [0.25, 0.3) is 0 Å². The highest BCUT2D eigenvalue weighted by Gasteiger charge is 2.36. The van der Waals surface area contributed by atoms with Crippen LogP contribution in [0.3, 0.4) is 0 Å². The van der Waals surface area contributed by atoms with E-state index in [-0.39, 0.29) is 22.4 Å². The van der Waals surface area contributed by atoms with Gasteiger partial charge in [-0.05, 0) is 49.9 Å². The molecule has 0 atom stereocenters. The molecule has 0 radical (unpaired) electrons. The van der Waals surface area contributed by atoms with Crippen LogP contribution in [0.4, 0.5) is 0 Å². The summed E-state index contributed by atoms with van der Waals surface area (Å²) < 4.78 is 27.1. The molecule has 0 aromatic heterocycles. The lowest BCUT2D eigenvalue weighted by Crippen LogP contribution is -2.48. The Hall–Kier alpha value is -1.93. The molecular formula is C14H18N2O5S. The molecule has 0 unspecified atom stereocenters. The van der Waals surface area contributed by atoms with Crippen molar-refractivity contribution in [3.8, 4) is 0 Å². The minimum absolute atomic E-state index is 0.0380. The van der Waals surface area contributed by atoms with Crippen molar-refractivity contribution in [2.24, 2.45) is 11.7 Å². The van der Waals surface area contributed by atoms with Crippen molar-refractivity contribution >= 4 is 21.9 Å². The first-order chi connectivity index (χ1) is 10.1. The van der Waals surface area contributed by atoms with Crippen molar-refractivity contribution in [2.75, 3.05) is 0 Å². The van der Waals surface area contributed by atoms with Crippen molar-refractivity contribution in [3.05, 3.63) is 28.8 Å². The maximum Gasteiger partial charge on any atom is 0.336 e. The molecule has 1 aliphatic carbocycles. The number of carbonyl (C=O) groups is 2. The van der Waals surface area contributed by atoms with Gasteiger partial charge in [0, 0.05) is 12.0 Å². The Morgan fingerprint density at radius 2 is 1.86 bits per heavy atom. The predicted octanol–water partition coefficient (Wildman–Crippen LogP) is 0.544. The summed E-state index contributed by atoms with van der Waals surface area (Å²) in [6.07, 6.45) is 0.733. The summed E-state index contributed by atoms with van der Waals surface area (Å²) in [6.45, 7) is 3.29. The number of amides is 1. The number of aryl methyl sites for hydroxylation is 1. The van der Waals surface area contributed by atoms with Gasteiger partial charge in [-0.15, -0.1) is 0 Å². The van der Waals surface area contributed by atoms with E-state index in [2.05, 4.69) is 4.72 Å². The lowest BCUT2D eigenvalue weighted by molar-refractivity contribution is -0.124. The zero-order valence-electron chi connectivity index (χ0n) is 12.3. The van der Waals surface area contributed by atoms with Gasteiger partial charge in [0.2, 0.25) is 15.9 Å². The van der Waals surface area contributed by atoms with Crippen LogP contribution in [0.1, 0.15) is 34.3 Å². The molecule has 8 heteroatoms. The topological polar surface area (TPSA) is 127 Å². The second-order valence-corrected chi connectivity index (χ2v) is 7.32. The second kappa shape index (κ2) is 5.69. The molecule has 7 nitrogen and oxygen atoms in total. The van der Waals surface area contributed by atoms with Crippen LogP contribution in [0.5, 0.6) is 0 Å². The molecule has 22 heavy (non-hydrogen) atoms. The van der Waals surface area contributed by atoms with Crippen LogP contribution in [0, 0.1) is 19.8 Å². The Morgan fingerprint density at radius 1 is 1.27 bits per heavy atom. The lowest BCUT2D eigenvalue weighted by atomic mass is 9.80. The van der Waals surface area contributed by atoms with Crippen LogP contribution in [-0.4, -0.2) is 31.4 Å². The van der Waals surface area contributed by atoms with Crippen LogP contribution in [0.2, 0.25) is 0 Å². The van der Waals surface area contributed by atoms with Gasteiger partial charge < -0.3 is 10.8 Å². The number of benzene rings is 1. The van der Waals surface area contributed by atoms with Gasteiger partial charge in [-0.25, -0.2) is 17.9 Å². The summed E-state index contributed by atoms with van der Waals surface area (Å²) in [7, 11) is -3.83. The van der Waals surface area contributed by atoms with E-state index >= 15 is 0 Å². The largest absolute Gasteiger partial charge is 0.478 e. The Balaban J connectivity index is 2.24. The molecule has 1 aromatic rings. The summed E-state index contributed by atoms with van der Waals surface area (Å²) in [6, 6.07) is 2.24. The number of rotatable bonds is 5. The van der Waals surface area contributed by atoms with Crippen LogP contribution in [-0.2, 0) is 14.8 Å². The summed E-state index contributed by atoms with van der Waals surface area (Å²) in [5.41, 5.74) is 6.22. The number of carboxylic acid groups (broad SMARTS) is 1. The zero-order chi connectivity index (χ0) is 16.7. The van der Waals surface area contributed by atoms with E-state index in [1.165, 1.54) is 6.07 Å². The molecule has 1 fully saturated rings. The van der Waals surface area contributed by atoms with E-state index in [9.17, 15) is 18.0 Å². The molecule has 0 spiro atoms. The molecule has 4 N–H and O–H groups in total. The van der Waals surface area contributed by atoms with E-state index in [4.69, 9.17) is 10.8 Å². The van der Waals surface area contributed by atoms with Crippen LogP contribution >= 0.6 is 0 Å². The minimum Gasteiger partial charge on any atom is -0.478 e. The van der Waals surface area contributed by atoms with Crippen molar-refractivity contribution in [3.63, 3.8) is 0 Å². The minimum atomic E-state index is -3.83. The van der Waals surface area contributed by atoms with Gasteiger partial charge in [0.15, 0.2) is 0 Å². The zero-order valence-corrected chi connectivity index (χ0v) is 13.1. The maximum absolute atomic E-state index is 12.3. The normalized spacial score (nSPS) is 21.2. The third-order valence-corrected chi connectivity index (χ3v) is 5.54. The molecule has 2 rings (SSSR count). The molecule has 0 bridgehead atoms. The van der Waals surface area contributed by atoms with Crippen molar-refractivity contribution in [1.29, 1.82) is 0 Å². The highest BCUT2D eigenvalue weighted by molar-refractivity contribution is 7.89. The standard InChI is InChI=1S/C14H18N2O5S/c1-7-3-11(6-12(8(7)2)14(18)19)22(20,21)16-10-4-9(5-10)13(15)17/h3,6,9-10,16H,4-5H2,1-2H3,(H2,15,17)(H,18,19). The van der Waals surface area contributed by atoms with Crippen molar-refractivity contribution in [2.45, 2.75) is 37.6 Å². The third-order valence-electron chi connectivity index (χ3n) is 4.04. The second-order valence-electron chi connectivity index (χ2n) is 5.61. The predicted molar refractivity (Wildman–Crippen MR) is 78.9 cm³/mol. The first kappa shape index (κ1) is 16.4. The molecule has 0 aliphatic heterocycles. The molecule has 1 aliphatic rings. The van der Waals surface area contributed by atoms with Gasteiger partial charge in [-0.3, -0.25) is 4.79 Å². The molecule has 0 heterocycles. The van der Waals surface area contributed by atoms with Crippen LogP contribution < -0.4 is 10.5 Å². The van der Waals surface area contributed by atoms with Gasteiger partial charge in [0.25, 0.3) is 0 Å². The van der Waals surface area contributed by atoms with Gasteiger partial charge in [0.1, 0.15) is 0 Å². The Labute approximate surface area is 128 Å². The van der Waals surface area contributed by atoms with Gasteiger partial charge in [-0.2, -0.15) is 0 Å². The number of carbonyl (C=O) groups excluding carboxylic acids is 1.